The number of carbonyl (C=O) groups excluding carboxylic acids is 1. The normalized spacial score (nSPS) is 10.8. The summed E-state index contributed by atoms with van der Waals surface area (Å²) in [6.45, 7) is 3.72. The topological polar surface area (TPSA) is 88.0 Å². The lowest BCUT2D eigenvalue weighted by Crippen LogP contribution is -2.16. The number of amides is 1. The molecule has 7 heteroatoms. The van der Waals surface area contributed by atoms with E-state index < -0.39 is 0 Å². The third-order valence-electron chi connectivity index (χ3n) is 2.84. The smallest absolute Gasteiger partial charge is 0.260 e. The van der Waals surface area contributed by atoms with Crippen LogP contribution < -0.4 is 5.32 Å². The van der Waals surface area contributed by atoms with Crippen LogP contribution in [0.5, 0.6) is 0 Å². The van der Waals surface area contributed by atoms with Crippen molar-refractivity contribution in [2.75, 3.05) is 5.32 Å². The molecule has 0 atom stereocenters. The fourth-order valence-corrected chi connectivity index (χ4v) is 1.90. The van der Waals surface area contributed by atoms with Gasteiger partial charge in [0.25, 0.3) is 5.91 Å². The molecule has 0 aliphatic heterocycles. The molecule has 0 spiro atoms. The van der Waals surface area contributed by atoms with Crippen molar-refractivity contribution in [1.82, 2.24) is 24.8 Å². The third-order valence-corrected chi connectivity index (χ3v) is 2.84. The van der Waals surface area contributed by atoms with Crippen molar-refractivity contribution in [3.8, 4) is 0 Å². The van der Waals surface area contributed by atoms with Gasteiger partial charge in [-0.1, -0.05) is 0 Å². The van der Waals surface area contributed by atoms with Gasteiger partial charge >= 0.3 is 0 Å². The molecule has 0 aliphatic carbocycles. The SMILES string of the molecule is Cc1cc2ncc(C(=O)Nc3ccn[nH]3)c(C)n2n1. The Hall–Kier alpha value is -2.70. The summed E-state index contributed by atoms with van der Waals surface area (Å²) in [6.07, 6.45) is 3.12. The number of rotatable bonds is 2. The highest BCUT2D eigenvalue weighted by Crippen LogP contribution is 2.12. The molecule has 0 bridgehead atoms. The minimum Gasteiger partial charge on any atom is -0.307 e. The molecule has 0 fully saturated rings. The first kappa shape index (κ1) is 11.4. The Kier molecular flexibility index (Phi) is 2.52. The first-order chi connectivity index (χ1) is 9.15. The van der Waals surface area contributed by atoms with Crippen LogP contribution in [0.2, 0.25) is 0 Å². The van der Waals surface area contributed by atoms with Crippen LogP contribution in [0.25, 0.3) is 5.65 Å². The monoisotopic (exact) mass is 256 g/mol. The van der Waals surface area contributed by atoms with Crippen LogP contribution in [-0.4, -0.2) is 30.7 Å². The Morgan fingerprint density at radius 2 is 2.26 bits per heavy atom. The molecule has 96 valence electrons. The lowest BCUT2D eigenvalue weighted by Gasteiger charge is -2.06. The van der Waals surface area contributed by atoms with Crippen LogP contribution in [0.4, 0.5) is 5.82 Å². The van der Waals surface area contributed by atoms with E-state index in [1.807, 2.05) is 19.9 Å². The second-order valence-electron chi connectivity index (χ2n) is 4.24. The van der Waals surface area contributed by atoms with Crippen molar-refractivity contribution < 1.29 is 4.79 Å². The van der Waals surface area contributed by atoms with Crippen LogP contribution in [0, 0.1) is 13.8 Å². The number of hydrogen-bond acceptors (Lipinski definition) is 4. The van der Waals surface area contributed by atoms with Crippen molar-refractivity contribution in [2.45, 2.75) is 13.8 Å². The van der Waals surface area contributed by atoms with Gasteiger partial charge in [-0.15, -0.1) is 0 Å². The Balaban J connectivity index is 2.00. The van der Waals surface area contributed by atoms with E-state index in [1.54, 1.807) is 23.0 Å². The van der Waals surface area contributed by atoms with Gasteiger partial charge in [-0.25, -0.2) is 9.50 Å². The van der Waals surface area contributed by atoms with Crippen LogP contribution in [0.1, 0.15) is 21.7 Å². The van der Waals surface area contributed by atoms with Gasteiger partial charge < -0.3 is 5.32 Å². The molecule has 3 rings (SSSR count). The number of aryl methyl sites for hydroxylation is 2. The maximum absolute atomic E-state index is 12.1. The number of anilines is 1. The molecule has 1 amide bonds. The third kappa shape index (κ3) is 1.95. The number of fused-ring (bicyclic) bond motifs is 1. The molecule has 0 aromatic carbocycles. The van der Waals surface area contributed by atoms with Crippen molar-refractivity contribution in [3.63, 3.8) is 0 Å². The summed E-state index contributed by atoms with van der Waals surface area (Å²) in [5.41, 5.74) is 2.81. The predicted octanol–water partition coefficient (Wildman–Crippen LogP) is 1.32. The van der Waals surface area contributed by atoms with Crippen molar-refractivity contribution in [2.24, 2.45) is 0 Å². The summed E-state index contributed by atoms with van der Waals surface area (Å²) in [4.78, 5) is 16.4. The number of aromatic nitrogens is 5. The highest BCUT2D eigenvalue weighted by Gasteiger charge is 2.14. The van der Waals surface area contributed by atoms with Gasteiger partial charge in [0.2, 0.25) is 0 Å². The fraction of sp³-hybridized carbons (Fsp3) is 0.167. The van der Waals surface area contributed by atoms with E-state index >= 15 is 0 Å². The number of hydrogen-bond donors (Lipinski definition) is 2. The van der Waals surface area contributed by atoms with Crippen molar-refractivity contribution >= 4 is 17.4 Å². The molecule has 0 saturated carbocycles. The van der Waals surface area contributed by atoms with Gasteiger partial charge in [-0.05, 0) is 13.8 Å². The van der Waals surface area contributed by atoms with Crippen LogP contribution in [-0.2, 0) is 0 Å². The lowest BCUT2D eigenvalue weighted by molar-refractivity contribution is 0.102. The number of H-pyrrole nitrogens is 1. The largest absolute Gasteiger partial charge is 0.307 e. The second kappa shape index (κ2) is 4.20. The Morgan fingerprint density at radius 3 is 3.00 bits per heavy atom. The van der Waals surface area contributed by atoms with Crippen LogP contribution >= 0.6 is 0 Å². The summed E-state index contributed by atoms with van der Waals surface area (Å²) in [6, 6.07) is 3.54. The molecule has 3 aromatic heterocycles. The summed E-state index contributed by atoms with van der Waals surface area (Å²) in [7, 11) is 0. The molecule has 0 radical (unpaired) electrons. The Labute approximate surface area is 108 Å². The molecule has 7 nitrogen and oxygen atoms in total. The quantitative estimate of drug-likeness (QED) is 0.723. The minimum absolute atomic E-state index is 0.246. The van der Waals surface area contributed by atoms with Crippen LogP contribution in [0.3, 0.4) is 0 Å². The standard InChI is InChI=1S/C12H12N6O/c1-7-5-11-13-6-9(8(2)18(11)17-7)12(19)15-10-3-4-14-16-10/h3-6H,1-2H3,(H2,14,15,16,19). The highest BCUT2D eigenvalue weighted by atomic mass is 16.1. The number of aromatic amines is 1. The van der Waals surface area contributed by atoms with Gasteiger partial charge in [0.05, 0.1) is 23.1 Å². The molecular formula is C12H12N6O. The number of nitrogens with one attached hydrogen (secondary N) is 2. The summed E-state index contributed by atoms with van der Waals surface area (Å²) >= 11 is 0. The average molecular weight is 256 g/mol. The highest BCUT2D eigenvalue weighted by molar-refractivity contribution is 6.04. The zero-order valence-corrected chi connectivity index (χ0v) is 10.5. The maximum Gasteiger partial charge on any atom is 0.260 e. The number of carbonyl (C=O) groups is 1. The van der Waals surface area contributed by atoms with Gasteiger partial charge in [0.15, 0.2) is 5.65 Å². The molecule has 2 N–H and O–H groups in total. The van der Waals surface area contributed by atoms with E-state index in [1.165, 1.54) is 0 Å². The van der Waals surface area contributed by atoms with Crippen molar-refractivity contribution in [1.29, 1.82) is 0 Å². The van der Waals surface area contributed by atoms with E-state index in [0.717, 1.165) is 17.0 Å². The van der Waals surface area contributed by atoms with Gasteiger partial charge in [-0.2, -0.15) is 10.2 Å². The summed E-state index contributed by atoms with van der Waals surface area (Å²) in [5, 5.41) is 13.5. The van der Waals surface area contributed by atoms with Crippen molar-refractivity contribution in [3.05, 3.63) is 41.5 Å². The summed E-state index contributed by atoms with van der Waals surface area (Å²) in [5.74, 6) is 0.297. The van der Waals surface area contributed by atoms with E-state index in [0.29, 0.717) is 11.4 Å². The molecule has 0 saturated heterocycles. The molecule has 19 heavy (non-hydrogen) atoms. The van der Waals surface area contributed by atoms with E-state index in [9.17, 15) is 4.79 Å². The number of nitrogens with zero attached hydrogens (tertiary/aromatic N) is 4. The van der Waals surface area contributed by atoms with E-state index in [2.05, 4.69) is 25.6 Å². The zero-order valence-electron chi connectivity index (χ0n) is 10.5. The Bertz CT molecular complexity index is 743. The van der Waals surface area contributed by atoms with Gasteiger partial charge in [-0.3, -0.25) is 9.89 Å². The van der Waals surface area contributed by atoms with Crippen LogP contribution in [0.15, 0.2) is 24.5 Å². The molecule has 3 heterocycles. The zero-order chi connectivity index (χ0) is 13.4. The average Bonchev–Trinajstić information content (AvgIpc) is 2.98. The summed E-state index contributed by atoms with van der Waals surface area (Å²) < 4.78 is 1.66. The van der Waals surface area contributed by atoms with Gasteiger partial charge in [0.1, 0.15) is 5.82 Å². The second-order valence-corrected chi connectivity index (χ2v) is 4.24. The first-order valence-electron chi connectivity index (χ1n) is 5.78. The first-order valence-corrected chi connectivity index (χ1v) is 5.78. The Morgan fingerprint density at radius 1 is 1.42 bits per heavy atom. The molecule has 0 unspecified atom stereocenters. The fourth-order valence-electron chi connectivity index (χ4n) is 1.90. The van der Waals surface area contributed by atoms with Gasteiger partial charge in [0, 0.05) is 18.3 Å². The molecular weight excluding hydrogens is 244 g/mol. The lowest BCUT2D eigenvalue weighted by atomic mass is 10.2. The predicted molar refractivity (Wildman–Crippen MR) is 69.0 cm³/mol. The van der Waals surface area contributed by atoms with E-state index in [-0.39, 0.29) is 5.91 Å². The minimum atomic E-state index is -0.246. The van der Waals surface area contributed by atoms with E-state index in [4.69, 9.17) is 0 Å². The maximum atomic E-state index is 12.1. The molecule has 3 aromatic rings. The molecule has 0 aliphatic rings.